The molecule has 2 aliphatic rings. The fraction of sp³-hybridized carbons (Fsp3) is 0.217. The molecule has 5 nitrogen and oxygen atoms in total. The Hall–Kier alpha value is -3.52. The molecule has 0 atom stereocenters. The lowest BCUT2D eigenvalue weighted by atomic mass is 10.1. The molecule has 3 aromatic rings. The van der Waals surface area contributed by atoms with Crippen LogP contribution in [0.2, 0.25) is 0 Å². The van der Waals surface area contributed by atoms with Crippen LogP contribution in [0.25, 0.3) is 11.0 Å². The minimum absolute atomic E-state index is 0.688. The van der Waals surface area contributed by atoms with Crippen LogP contribution in [0.15, 0.2) is 66.4 Å². The van der Waals surface area contributed by atoms with Crippen molar-refractivity contribution in [3.63, 3.8) is 0 Å². The number of allylic oxidation sites excluding steroid dienone is 3. The summed E-state index contributed by atoms with van der Waals surface area (Å²) in [5.41, 5.74) is 6.50. The quantitative estimate of drug-likeness (QED) is 0.761. The molecule has 0 amide bonds. The van der Waals surface area contributed by atoms with Crippen molar-refractivity contribution in [2.75, 3.05) is 18.4 Å². The van der Waals surface area contributed by atoms with Crippen molar-refractivity contribution < 1.29 is 0 Å². The predicted octanol–water partition coefficient (Wildman–Crippen LogP) is 3.83. The van der Waals surface area contributed by atoms with E-state index < -0.39 is 0 Å². The SMILES string of the molecule is N#Cc1ccc(CNc2ccc3c(c2)nc2n3CCN(C3=CC=C3)CC2)cc1. The van der Waals surface area contributed by atoms with Gasteiger partial charge in [0, 0.05) is 44.0 Å². The first-order valence-electron chi connectivity index (χ1n) is 9.65. The molecular formula is C23H21N5. The summed E-state index contributed by atoms with van der Waals surface area (Å²) in [6.07, 6.45) is 7.42. The van der Waals surface area contributed by atoms with Gasteiger partial charge in [0.25, 0.3) is 0 Å². The van der Waals surface area contributed by atoms with Gasteiger partial charge in [0.1, 0.15) is 5.82 Å². The highest BCUT2D eigenvalue weighted by Gasteiger charge is 2.19. The first-order valence-corrected chi connectivity index (χ1v) is 9.65. The molecule has 0 saturated heterocycles. The first kappa shape index (κ1) is 16.6. The van der Waals surface area contributed by atoms with Crippen LogP contribution in [0.4, 0.5) is 5.69 Å². The van der Waals surface area contributed by atoms with E-state index in [4.69, 9.17) is 10.2 Å². The van der Waals surface area contributed by atoms with E-state index in [1.54, 1.807) is 0 Å². The van der Waals surface area contributed by atoms with Crippen molar-refractivity contribution in [1.29, 1.82) is 5.26 Å². The molecule has 0 spiro atoms. The Morgan fingerprint density at radius 3 is 2.68 bits per heavy atom. The normalized spacial score (nSPS) is 15.4. The number of rotatable bonds is 4. The Morgan fingerprint density at radius 2 is 1.93 bits per heavy atom. The standard InChI is InChI=1S/C23H21N5/c24-15-17-4-6-18(7-5-17)16-25-19-8-9-22-21(14-19)26-23-10-11-27(12-13-28(22)23)20-2-1-3-20/h1-9,14,25H,10-13,16H2. The van der Waals surface area contributed by atoms with Crippen LogP contribution >= 0.6 is 0 Å². The van der Waals surface area contributed by atoms with Crippen LogP contribution in [-0.4, -0.2) is 27.5 Å². The van der Waals surface area contributed by atoms with E-state index >= 15 is 0 Å². The van der Waals surface area contributed by atoms with Crippen LogP contribution < -0.4 is 5.32 Å². The molecule has 0 fully saturated rings. The summed E-state index contributed by atoms with van der Waals surface area (Å²) in [7, 11) is 0. The van der Waals surface area contributed by atoms with Gasteiger partial charge in [-0.15, -0.1) is 0 Å². The molecule has 2 heterocycles. The second-order valence-electron chi connectivity index (χ2n) is 7.23. The number of nitriles is 1. The molecule has 0 saturated carbocycles. The van der Waals surface area contributed by atoms with E-state index in [1.165, 1.54) is 17.0 Å². The van der Waals surface area contributed by atoms with Gasteiger partial charge in [0.15, 0.2) is 0 Å². The molecule has 28 heavy (non-hydrogen) atoms. The summed E-state index contributed by atoms with van der Waals surface area (Å²) in [5.74, 6) is 1.17. The van der Waals surface area contributed by atoms with Crippen molar-refractivity contribution in [2.24, 2.45) is 0 Å². The zero-order valence-electron chi connectivity index (χ0n) is 15.6. The Bertz CT molecular complexity index is 1130. The minimum atomic E-state index is 0.688. The van der Waals surface area contributed by atoms with Crippen molar-refractivity contribution in [2.45, 2.75) is 19.5 Å². The number of hydrogen-bond acceptors (Lipinski definition) is 4. The van der Waals surface area contributed by atoms with Gasteiger partial charge in [-0.25, -0.2) is 4.98 Å². The zero-order valence-corrected chi connectivity index (χ0v) is 15.6. The van der Waals surface area contributed by atoms with Crippen LogP contribution in [0.3, 0.4) is 0 Å². The number of benzene rings is 2. The average molecular weight is 367 g/mol. The Morgan fingerprint density at radius 1 is 1.07 bits per heavy atom. The average Bonchev–Trinajstić information content (AvgIpc) is 2.91. The third-order valence-corrected chi connectivity index (χ3v) is 5.50. The zero-order chi connectivity index (χ0) is 18.9. The smallest absolute Gasteiger partial charge is 0.111 e. The maximum absolute atomic E-state index is 8.90. The second-order valence-corrected chi connectivity index (χ2v) is 7.23. The molecule has 1 aliphatic carbocycles. The van der Waals surface area contributed by atoms with E-state index in [0.29, 0.717) is 5.56 Å². The summed E-state index contributed by atoms with van der Waals surface area (Å²) in [5, 5.41) is 12.4. The predicted molar refractivity (Wildman–Crippen MR) is 111 cm³/mol. The van der Waals surface area contributed by atoms with E-state index in [2.05, 4.69) is 57.3 Å². The van der Waals surface area contributed by atoms with Crippen molar-refractivity contribution in [1.82, 2.24) is 14.5 Å². The van der Waals surface area contributed by atoms with Gasteiger partial charge in [0.2, 0.25) is 0 Å². The van der Waals surface area contributed by atoms with Crippen molar-refractivity contribution in [3.8, 4) is 6.07 Å². The molecule has 1 aromatic heterocycles. The molecule has 5 heteroatoms. The number of aromatic nitrogens is 2. The summed E-state index contributed by atoms with van der Waals surface area (Å²) >= 11 is 0. The lowest BCUT2D eigenvalue weighted by Gasteiger charge is -2.25. The first-order chi connectivity index (χ1) is 13.8. The topological polar surface area (TPSA) is 56.9 Å². The largest absolute Gasteiger partial charge is 0.381 e. The fourth-order valence-corrected chi connectivity index (χ4v) is 3.85. The van der Waals surface area contributed by atoms with Crippen LogP contribution in [0.1, 0.15) is 17.0 Å². The number of hydrogen-bond donors (Lipinski definition) is 1. The van der Waals surface area contributed by atoms with Crippen LogP contribution in [-0.2, 0) is 19.5 Å². The number of anilines is 1. The van der Waals surface area contributed by atoms with Gasteiger partial charge >= 0.3 is 0 Å². The minimum Gasteiger partial charge on any atom is -0.381 e. The van der Waals surface area contributed by atoms with Gasteiger partial charge in [-0.1, -0.05) is 18.2 Å². The number of nitrogens with one attached hydrogen (secondary N) is 1. The molecule has 5 rings (SSSR count). The summed E-state index contributed by atoms with van der Waals surface area (Å²) in [6, 6.07) is 16.3. The summed E-state index contributed by atoms with van der Waals surface area (Å²) < 4.78 is 2.36. The third-order valence-electron chi connectivity index (χ3n) is 5.50. The van der Waals surface area contributed by atoms with Crippen LogP contribution in [0.5, 0.6) is 0 Å². The van der Waals surface area contributed by atoms with E-state index in [9.17, 15) is 0 Å². The third kappa shape index (κ3) is 3.03. The lowest BCUT2D eigenvalue weighted by Crippen LogP contribution is -2.26. The molecule has 1 N–H and O–H groups in total. The second kappa shape index (κ2) is 6.90. The Balaban J connectivity index is 1.31. The van der Waals surface area contributed by atoms with Gasteiger partial charge in [-0.2, -0.15) is 5.26 Å². The summed E-state index contributed by atoms with van der Waals surface area (Å²) in [6.45, 7) is 3.73. The number of nitrogens with zero attached hydrogens (tertiary/aromatic N) is 4. The van der Waals surface area contributed by atoms with Gasteiger partial charge < -0.3 is 14.8 Å². The highest BCUT2D eigenvalue weighted by molar-refractivity contribution is 5.80. The maximum Gasteiger partial charge on any atom is 0.111 e. The lowest BCUT2D eigenvalue weighted by molar-refractivity contribution is 0.359. The van der Waals surface area contributed by atoms with E-state index in [0.717, 1.165) is 49.4 Å². The van der Waals surface area contributed by atoms with Gasteiger partial charge in [-0.3, -0.25) is 0 Å². The van der Waals surface area contributed by atoms with Gasteiger partial charge in [0.05, 0.1) is 22.7 Å². The van der Waals surface area contributed by atoms with Gasteiger partial charge in [-0.05, 0) is 48.0 Å². The maximum atomic E-state index is 8.90. The number of fused-ring (bicyclic) bond motifs is 3. The fourth-order valence-electron chi connectivity index (χ4n) is 3.85. The van der Waals surface area contributed by atoms with E-state index in [1.807, 2.05) is 24.3 Å². The molecular weight excluding hydrogens is 346 g/mol. The van der Waals surface area contributed by atoms with Crippen LogP contribution in [0, 0.1) is 11.3 Å². The molecule has 1 aliphatic heterocycles. The van der Waals surface area contributed by atoms with Crippen molar-refractivity contribution in [3.05, 3.63) is 83.3 Å². The van der Waals surface area contributed by atoms with Crippen molar-refractivity contribution >= 4 is 16.7 Å². The highest BCUT2D eigenvalue weighted by Crippen LogP contribution is 2.25. The van der Waals surface area contributed by atoms with E-state index in [-0.39, 0.29) is 0 Å². The Labute approximate surface area is 164 Å². The molecule has 0 radical (unpaired) electrons. The highest BCUT2D eigenvalue weighted by atomic mass is 15.2. The molecule has 2 aromatic carbocycles. The molecule has 0 unspecified atom stereocenters. The monoisotopic (exact) mass is 367 g/mol. The molecule has 138 valence electrons. The molecule has 0 bridgehead atoms. The number of imidazole rings is 1. The Kier molecular flexibility index (Phi) is 4.10. The summed E-state index contributed by atoms with van der Waals surface area (Å²) in [4.78, 5) is 7.35.